The third kappa shape index (κ3) is 4.35. The molecule has 6 heteroatoms. The molecule has 0 spiro atoms. The van der Waals surface area contributed by atoms with E-state index in [0.717, 1.165) is 21.3 Å². The minimum atomic E-state index is -0.514. The summed E-state index contributed by atoms with van der Waals surface area (Å²) in [6, 6.07) is 20.8. The van der Waals surface area contributed by atoms with Crippen LogP contribution in [0.4, 0.5) is 0 Å². The van der Waals surface area contributed by atoms with Gasteiger partial charge in [0.05, 0.1) is 24.1 Å². The number of fused-ring (bicyclic) bond motifs is 2. The van der Waals surface area contributed by atoms with Crippen molar-refractivity contribution in [3.05, 3.63) is 109 Å². The molecule has 1 unspecified atom stereocenters. The van der Waals surface area contributed by atoms with Gasteiger partial charge in [-0.05, 0) is 58.9 Å². The minimum Gasteiger partial charge on any atom is -0.497 e. The van der Waals surface area contributed by atoms with Gasteiger partial charge in [0.25, 0.3) is 5.91 Å². The molecule has 184 valence electrons. The fourth-order valence-electron chi connectivity index (χ4n) is 4.78. The van der Waals surface area contributed by atoms with Crippen LogP contribution in [0.25, 0.3) is 11.0 Å². The zero-order valence-electron chi connectivity index (χ0n) is 20.8. The molecule has 0 saturated carbocycles. The first-order valence-corrected chi connectivity index (χ1v) is 12.8. The molecule has 1 atom stereocenters. The summed E-state index contributed by atoms with van der Waals surface area (Å²) in [5.41, 5.74) is 3.81. The molecule has 0 aliphatic carbocycles. The van der Waals surface area contributed by atoms with Gasteiger partial charge >= 0.3 is 0 Å². The third-order valence-corrected chi connectivity index (χ3v) is 7.31. The van der Waals surface area contributed by atoms with Gasteiger partial charge in [0.2, 0.25) is 5.76 Å². The standard InChI is InChI=1S/C30H28BrNO4/c1-30(2,3)20-9-7-19(8-10-20)26-25-27(33)23-17-21(31)11-14-24(23)36-28(25)29(34)32(26)16-15-18-5-12-22(35-4)13-6-18/h5-14,17,26H,15-16H2,1-4H3. The Morgan fingerprint density at radius 1 is 0.972 bits per heavy atom. The van der Waals surface area contributed by atoms with Crippen LogP contribution >= 0.6 is 15.9 Å². The van der Waals surface area contributed by atoms with E-state index in [1.807, 2.05) is 36.4 Å². The zero-order valence-corrected chi connectivity index (χ0v) is 22.4. The van der Waals surface area contributed by atoms with E-state index in [1.165, 1.54) is 5.56 Å². The molecule has 4 aromatic rings. The highest BCUT2D eigenvalue weighted by molar-refractivity contribution is 9.10. The van der Waals surface area contributed by atoms with Crippen LogP contribution in [0.1, 0.15) is 59.6 Å². The predicted molar refractivity (Wildman–Crippen MR) is 145 cm³/mol. The van der Waals surface area contributed by atoms with E-state index in [0.29, 0.717) is 29.5 Å². The molecule has 0 saturated heterocycles. The molecular weight excluding hydrogens is 518 g/mol. The fraction of sp³-hybridized carbons (Fsp3) is 0.267. The second-order valence-corrected chi connectivity index (χ2v) is 11.1. The second-order valence-electron chi connectivity index (χ2n) is 10.2. The third-order valence-electron chi connectivity index (χ3n) is 6.82. The smallest absolute Gasteiger partial charge is 0.290 e. The lowest BCUT2D eigenvalue weighted by Gasteiger charge is -2.26. The summed E-state index contributed by atoms with van der Waals surface area (Å²) < 4.78 is 12.1. The fourth-order valence-corrected chi connectivity index (χ4v) is 5.14. The molecule has 1 aliphatic heterocycles. The number of amides is 1. The van der Waals surface area contributed by atoms with Crippen LogP contribution in [0.3, 0.4) is 0 Å². The predicted octanol–water partition coefficient (Wildman–Crippen LogP) is 6.65. The van der Waals surface area contributed by atoms with Crippen molar-refractivity contribution in [1.29, 1.82) is 0 Å². The lowest BCUT2D eigenvalue weighted by molar-refractivity contribution is 0.0730. The number of hydrogen-bond donors (Lipinski definition) is 0. The summed E-state index contributed by atoms with van der Waals surface area (Å²) in [6.45, 7) is 6.93. The number of rotatable bonds is 5. The van der Waals surface area contributed by atoms with E-state index < -0.39 is 6.04 Å². The van der Waals surface area contributed by atoms with Gasteiger partial charge in [0.1, 0.15) is 11.3 Å². The van der Waals surface area contributed by atoms with E-state index in [2.05, 4.69) is 48.8 Å². The topological polar surface area (TPSA) is 59.8 Å². The Kier molecular flexibility index (Phi) is 6.25. The van der Waals surface area contributed by atoms with Crippen LogP contribution in [0.15, 0.2) is 80.4 Å². The van der Waals surface area contributed by atoms with Crippen LogP contribution in [0.5, 0.6) is 5.75 Å². The Labute approximate surface area is 218 Å². The molecule has 0 fully saturated rings. The van der Waals surface area contributed by atoms with Gasteiger partial charge in [0, 0.05) is 11.0 Å². The average molecular weight is 546 g/mol. The van der Waals surface area contributed by atoms with E-state index in [1.54, 1.807) is 30.2 Å². The number of halogens is 1. The van der Waals surface area contributed by atoms with Crippen LogP contribution in [0.2, 0.25) is 0 Å². The van der Waals surface area contributed by atoms with E-state index >= 15 is 0 Å². The van der Waals surface area contributed by atoms with Crippen molar-refractivity contribution in [3.8, 4) is 5.75 Å². The number of carbonyl (C=O) groups is 1. The lowest BCUT2D eigenvalue weighted by atomic mass is 9.86. The molecule has 36 heavy (non-hydrogen) atoms. The maximum absolute atomic E-state index is 13.7. The Balaban J connectivity index is 1.60. The van der Waals surface area contributed by atoms with Crippen molar-refractivity contribution in [2.45, 2.75) is 38.6 Å². The van der Waals surface area contributed by atoms with Crippen molar-refractivity contribution in [2.24, 2.45) is 0 Å². The summed E-state index contributed by atoms with van der Waals surface area (Å²) in [7, 11) is 1.64. The van der Waals surface area contributed by atoms with Crippen LogP contribution in [-0.2, 0) is 11.8 Å². The average Bonchev–Trinajstić information content (AvgIpc) is 3.14. The molecule has 2 heterocycles. The van der Waals surface area contributed by atoms with Gasteiger partial charge in [-0.1, -0.05) is 73.1 Å². The Bertz CT molecular complexity index is 1500. The Hall–Kier alpha value is -3.38. The van der Waals surface area contributed by atoms with Crippen molar-refractivity contribution in [1.82, 2.24) is 4.90 Å². The zero-order chi connectivity index (χ0) is 25.6. The summed E-state index contributed by atoms with van der Waals surface area (Å²) in [5.74, 6) is 0.660. The number of benzene rings is 3. The van der Waals surface area contributed by atoms with Crippen molar-refractivity contribution in [3.63, 3.8) is 0 Å². The van der Waals surface area contributed by atoms with E-state index in [9.17, 15) is 9.59 Å². The first-order chi connectivity index (χ1) is 17.2. The Morgan fingerprint density at radius 2 is 1.67 bits per heavy atom. The van der Waals surface area contributed by atoms with Gasteiger partial charge < -0.3 is 14.1 Å². The molecule has 0 radical (unpaired) electrons. The summed E-state index contributed by atoms with van der Waals surface area (Å²) in [4.78, 5) is 29.2. The molecular formula is C30H28BrNO4. The van der Waals surface area contributed by atoms with E-state index in [4.69, 9.17) is 9.15 Å². The summed E-state index contributed by atoms with van der Waals surface area (Å²) in [5, 5.41) is 0.462. The molecule has 0 N–H and O–H groups in total. The highest BCUT2D eigenvalue weighted by atomic mass is 79.9. The van der Waals surface area contributed by atoms with Gasteiger partial charge in [-0.25, -0.2) is 0 Å². The Morgan fingerprint density at radius 3 is 2.31 bits per heavy atom. The van der Waals surface area contributed by atoms with Crippen molar-refractivity contribution < 1.29 is 13.9 Å². The number of carbonyl (C=O) groups excluding carboxylic acids is 1. The van der Waals surface area contributed by atoms with Crippen molar-refractivity contribution in [2.75, 3.05) is 13.7 Å². The van der Waals surface area contributed by atoms with E-state index in [-0.39, 0.29) is 22.5 Å². The number of ether oxygens (including phenoxy) is 1. The summed E-state index contributed by atoms with van der Waals surface area (Å²) >= 11 is 3.45. The van der Waals surface area contributed by atoms with Crippen LogP contribution < -0.4 is 10.2 Å². The monoisotopic (exact) mass is 545 g/mol. The largest absolute Gasteiger partial charge is 0.497 e. The summed E-state index contributed by atoms with van der Waals surface area (Å²) in [6.07, 6.45) is 0.638. The van der Waals surface area contributed by atoms with Gasteiger partial charge in [-0.15, -0.1) is 0 Å². The molecule has 1 aliphatic rings. The van der Waals surface area contributed by atoms with Gasteiger partial charge in [0.15, 0.2) is 5.43 Å². The quantitative estimate of drug-likeness (QED) is 0.281. The van der Waals surface area contributed by atoms with Crippen molar-refractivity contribution >= 4 is 32.8 Å². The lowest BCUT2D eigenvalue weighted by Crippen LogP contribution is -2.31. The van der Waals surface area contributed by atoms with Gasteiger partial charge in [-0.2, -0.15) is 0 Å². The first-order valence-electron chi connectivity index (χ1n) is 12.0. The minimum absolute atomic E-state index is 0.00249. The molecule has 1 amide bonds. The normalized spacial score (nSPS) is 15.4. The number of hydrogen-bond acceptors (Lipinski definition) is 4. The molecule has 3 aromatic carbocycles. The molecule has 0 bridgehead atoms. The number of methoxy groups -OCH3 is 1. The highest BCUT2D eigenvalue weighted by Crippen LogP contribution is 2.39. The van der Waals surface area contributed by atoms with Crippen LogP contribution in [-0.4, -0.2) is 24.5 Å². The molecule has 5 rings (SSSR count). The highest BCUT2D eigenvalue weighted by Gasteiger charge is 2.42. The molecule has 1 aromatic heterocycles. The molecule has 5 nitrogen and oxygen atoms in total. The number of nitrogens with zero attached hydrogens (tertiary/aromatic N) is 1. The van der Waals surface area contributed by atoms with Crippen LogP contribution in [0, 0.1) is 0 Å². The maximum atomic E-state index is 13.7. The van der Waals surface area contributed by atoms with Gasteiger partial charge in [-0.3, -0.25) is 9.59 Å². The SMILES string of the molecule is COc1ccc(CCN2C(=O)c3oc4ccc(Br)cc4c(=O)c3C2c2ccc(C(C)(C)C)cc2)cc1. The maximum Gasteiger partial charge on any atom is 0.290 e. The first kappa shape index (κ1) is 24.3. The second kappa shape index (κ2) is 9.25.